The van der Waals surface area contributed by atoms with Crippen LogP contribution in [0.25, 0.3) is 0 Å². The van der Waals surface area contributed by atoms with Gasteiger partial charge in [-0.3, -0.25) is 14.4 Å². The smallest absolute Gasteiger partial charge is 0.326 e. The van der Waals surface area contributed by atoms with Crippen molar-refractivity contribution in [1.29, 1.82) is 0 Å². The van der Waals surface area contributed by atoms with Crippen LogP contribution in [0.2, 0.25) is 10.0 Å². The van der Waals surface area contributed by atoms with Gasteiger partial charge < -0.3 is 36.4 Å². The first kappa shape index (κ1) is 29.1. The van der Waals surface area contributed by atoms with Gasteiger partial charge in [0.1, 0.15) is 23.3 Å². The second-order valence-electron chi connectivity index (χ2n) is 8.31. The summed E-state index contributed by atoms with van der Waals surface area (Å²) in [5, 5.41) is 45.0. The normalized spacial score (nSPS) is 11.3. The van der Waals surface area contributed by atoms with Gasteiger partial charge in [0.05, 0.1) is 15.6 Å². The summed E-state index contributed by atoms with van der Waals surface area (Å²) in [6.07, 6.45) is -0.220. The van der Waals surface area contributed by atoms with Crippen molar-refractivity contribution < 1.29 is 39.6 Å². The lowest BCUT2D eigenvalue weighted by atomic mass is 10.1. The van der Waals surface area contributed by atoms with Crippen LogP contribution in [-0.4, -0.2) is 56.7 Å². The van der Waals surface area contributed by atoms with Crippen molar-refractivity contribution in [1.82, 2.24) is 16.0 Å². The topological polar surface area (TPSA) is 185 Å². The van der Waals surface area contributed by atoms with Crippen LogP contribution in [-0.2, 0) is 11.3 Å². The third-order valence-electron chi connectivity index (χ3n) is 5.38. The molecule has 0 fully saturated rings. The first-order chi connectivity index (χ1) is 18.4. The number of aliphatic carboxylic acids is 1. The summed E-state index contributed by atoms with van der Waals surface area (Å²) < 4.78 is 0. The van der Waals surface area contributed by atoms with Crippen LogP contribution in [0, 0.1) is 0 Å². The third-order valence-corrected chi connectivity index (χ3v) is 5.98. The highest BCUT2D eigenvalue weighted by atomic mass is 35.5. The molecule has 0 heterocycles. The Hall–Kier alpha value is -4.48. The zero-order chi connectivity index (χ0) is 28.7. The second kappa shape index (κ2) is 12.9. The highest BCUT2D eigenvalue weighted by Gasteiger charge is 2.25. The van der Waals surface area contributed by atoms with Gasteiger partial charge in [0.2, 0.25) is 0 Å². The Morgan fingerprint density at radius 1 is 0.744 bits per heavy atom. The van der Waals surface area contributed by atoms with E-state index in [1.54, 1.807) is 12.1 Å². The largest absolute Gasteiger partial charge is 0.508 e. The molecule has 204 valence electrons. The highest BCUT2D eigenvalue weighted by molar-refractivity contribution is 6.40. The zero-order valence-electron chi connectivity index (χ0n) is 20.1. The number of halogens is 2. The van der Waals surface area contributed by atoms with Crippen LogP contribution in [0.15, 0.2) is 54.6 Å². The molecule has 0 radical (unpaired) electrons. The van der Waals surface area contributed by atoms with Gasteiger partial charge in [-0.15, -0.1) is 0 Å². The van der Waals surface area contributed by atoms with Gasteiger partial charge in [-0.1, -0.05) is 35.3 Å². The molecule has 0 aromatic heterocycles. The number of nitrogens with one attached hydrogen (secondary N) is 3. The van der Waals surface area contributed by atoms with E-state index in [-0.39, 0.29) is 63.5 Å². The fourth-order valence-corrected chi connectivity index (χ4v) is 4.18. The van der Waals surface area contributed by atoms with E-state index in [1.165, 1.54) is 24.3 Å². The van der Waals surface area contributed by atoms with Gasteiger partial charge in [-0.2, -0.15) is 0 Å². The summed E-state index contributed by atoms with van der Waals surface area (Å²) in [6.45, 7) is -0.0691. The maximum absolute atomic E-state index is 12.8. The van der Waals surface area contributed by atoms with Gasteiger partial charge in [-0.25, -0.2) is 4.79 Å². The average molecular weight is 576 g/mol. The van der Waals surface area contributed by atoms with Crippen molar-refractivity contribution in [2.24, 2.45) is 0 Å². The summed E-state index contributed by atoms with van der Waals surface area (Å²) in [7, 11) is 0. The highest BCUT2D eigenvalue weighted by Crippen LogP contribution is 2.27. The van der Waals surface area contributed by atoms with Gasteiger partial charge >= 0.3 is 5.97 Å². The van der Waals surface area contributed by atoms with Crippen molar-refractivity contribution in [3.8, 4) is 17.2 Å². The Balaban J connectivity index is 1.62. The molecule has 3 rings (SSSR count). The molecule has 0 unspecified atom stereocenters. The van der Waals surface area contributed by atoms with Crippen molar-refractivity contribution in [2.75, 3.05) is 6.54 Å². The number of benzene rings is 3. The molecule has 0 aliphatic rings. The van der Waals surface area contributed by atoms with Crippen LogP contribution < -0.4 is 16.0 Å². The van der Waals surface area contributed by atoms with Crippen LogP contribution in [0.3, 0.4) is 0 Å². The Morgan fingerprint density at radius 3 is 1.92 bits per heavy atom. The van der Waals surface area contributed by atoms with Crippen molar-refractivity contribution >= 4 is 46.9 Å². The number of amides is 3. The summed E-state index contributed by atoms with van der Waals surface area (Å²) >= 11 is 12.4. The standard InChI is InChI=1S/C26H23Cl2N3O8/c27-19-9-15(24(36)30-12-13-2-1-3-16(32)6-13)10-20(28)22(19)25(37)31-21(26(38)39)4-5-29-23(35)14-7-17(33)11-18(34)8-14/h1-3,6-11,21,32-34H,4-5,12H2,(H,29,35)(H,30,36)(H,31,37)(H,38,39)/t21-/m0/s1. The van der Waals surface area contributed by atoms with Gasteiger partial charge in [-0.05, 0) is 48.4 Å². The molecule has 0 saturated carbocycles. The Kier molecular flexibility index (Phi) is 9.58. The average Bonchev–Trinajstić information content (AvgIpc) is 2.85. The lowest BCUT2D eigenvalue weighted by Crippen LogP contribution is -2.43. The molecule has 3 aromatic carbocycles. The Bertz CT molecular complexity index is 1390. The minimum absolute atomic E-state index is 0.0435. The quantitative estimate of drug-likeness (QED) is 0.192. The fourth-order valence-electron chi connectivity index (χ4n) is 3.52. The van der Waals surface area contributed by atoms with Crippen LogP contribution >= 0.6 is 23.2 Å². The lowest BCUT2D eigenvalue weighted by molar-refractivity contribution is -0.139. The SMILES string of the molecule is O=C(NCC[C@H](NC(=O)c1c(Cl)cc(C(=O)NCc2cccc(O)c2)cc1Cl)C(=O)O)c1cc(O)cc(O)c1. The molecule has 7 N–H and O–H groups in total. The first-order valence-electron chi connectivity index (χ1n) is 11.3. The number of phenolic OH excluding ortho intramolecular Hbond substituents is 3. The van der Waals surface area contributed by atoms with E-state index >= 15 is 0 Å². The Morgan fingerprint density at radius 2 is 1.33 bits per heavy atom. The minimum Gasteiger partial charge on any atom is -0.508 e. The molecule has 0 spiro atoms. The van der Waals surface area contributed by atoms with Gasteiger partial charge in [0.15, 0.2) is 0 Å². The van der Waals surface area contributed by atoms with Crippen molar-refractivity contribution in [3.63, 3.8) is 0 Å². The Labute approximate surface area is 232 Å². The zero-order valence-corrected chi connectivity index (χ0v) is 21.6. The van der Waals surface area contributed by atoms with E-state index < -0.39 is 29.7 Å². The van der Waals surface area contributed by atoms with Crippen LogP contribution in [0.5, 0.6) is 17.2 Å². The molecule has 0 aliphatic carbocycles. The summed E-state index contributed by atoms with van der Waals surface area (Å²) in [6, 6.07) is 10.6. The van der Waals surface area contributed by atoms with E-state index in [1.807, 2.05) is 0 Å². The van der Waals surface area contributed by atoms with E-state index in [2.05, 4.69) is 16.0 Å². The summed E-state index contributed by atoms with van der Waals surface area (Å²) in [5.41, 5.74) is 0.408. The molecule has 0 saturated heterocycles. The van der Waals surface area contributed by atoms with Crippen molar-refractivity contribution in [2.45, 2.75) is 19.0 Å². The lowest BCUT2D eigenvalue weighted by Gasteiger charge is -2.17. The molecule has 3 amide bonds. The molecular formula is C26H23Cl2N3O8. The number of carbonyl (C=O) groups is 4. The van der Waals surface area contributed by atoms with Crippen LogP contribution in [0.1, 0.15) is 43.1 Å². The van der Waals surface area contributed by atoms with E-state index in [0.29, 0.717) is 5.56 Å². The molecule has 3 aromatic rings. The van der Waals surface area contributed by atoms with E-state index in [0.717, 1.165) is 18.2 Å². The maximum atomic E-state index is 12.8. The first-order valence-corrected chi connectivity index (χ1v) is 12.1. The van der Waals surface area contributed by atoms with E-state index in [4.69, 9.17) is 23.2 Å². The number of aromatic hydroxyl groups is 3. The monoisotopic (exact) mass is 575 g/mol. The molecule has 1 atom stereocenters. The number of rotatable bonds is 10. The maximum Gasteiger partial charge on any atom is 0.326 e. The molecular weight excluding hydrogens is 553 g/mol. The number of hydrogen-bond acceptors (Lipinski definition) is 7. The predicted molar refractivity (Wildman–Crippen MR) is 141 cm³/mol. The molecule has 0 aliphatic heterocycles. The number of phenols is 3. The molecule has 13 heteroatoms. The fraction of sp³-hybridized carbons (Fsp3) is 0.154. The van der Waals surface area contributed by atoms with Crippen LogP contribution in [0.4, 0.5) is 0 Å². The number of carboxylic acid groups (broad SMARTS) is 1. The van der Waals surface area contributed by atoms with Gasteiger partial charge in [0, 0.05) is 30.3 Å². The van der Waals surface area contributed by atoms with Gasteiger partial charge in [0.25, 0.3) is 17.7 Å². The molecule has 11 nitrogen and oxygen atoms in total. The minimum atomic E-state index is -1.44. The summed E-state index contributed by atoms with van der Waals surface area (Å²) in [5.74, 6) is -4.14. The van der Waals surface area contributed by atoms with Crippen molar-refractivity contribution in [3.05, 3.63) is 86.9 Å². The number of hydrogen-bond donors (Lipinski definition) is 7. The molecule has 0 bridgehead atoms. The third kappa shape index (κ3) is 8.00. The number of carbonyl (C=O) groups excluding carboxylic acids is 3. The second-order valence-corrected chi connectivity index (χ2v) is 9.13. The predicted octanol–water partition coefficient (Wildman–Crippen LogP) is 3.04. The number of carboxylic acids is 1. The molecule has 39 heavy (non-hydrogen) atoms. The summed E-state index contributed by atoms with van der Waals surface area (Å²) in [4.78, 5) is 49.3. The van der Waals surface area contributed by atoms with E-state index in [9.17, 15) is 39.6 Å².